The Kier molecular flexibility index (Phi) is 4.51. The highest BCUT2D eigenvalue weighted by Crippen LogP contribution is 2.33. The highest BCUT2D eigenvalue weighted by Gasteiger charge is 2.17. The average Bonchev–Trinajstić information content (AvgIpc) is 3.03. The highest BCUT2D eigenvalue weighted by molar-refractivity contribution is 6.00. The number of hydrogen-bond acceptors (Lipinski definition) is 3. The van der Waals surface area contributed by atoms with Crippen molar-refractivity contribution in [3.8, 4) is 0 Å². The van der Waals surface area contributed by atoms with Crippen LogP contribution in [-0.4, -0.2) is 24.1 Å². The molecule has 2 aromatic rings. The Morgan fingerprint density at radius 2 is 1.86 bits per heavy atom. The third-order valence-corrected chi connectivity index (χ3v) is 4.80. The molecule has 118 valence electrons. The average molecular weight is 297 g/mol. The van der Waals surface area contributed by atoms with Gasteiger partial charge >= 0.3 is 0 Å². The van der Waals surface area contributed by atoms with Gasteiger partial charge in [-0.2, -0.15) is 0 Å². The van der Waals surface area contributed by atoms with Crippen LogP contribution in [0.3, 0.4) is 0 Å². The maximum Gasteiger partial charge on any atom is 0.136 e. The minimum absolute atomic E-state index is 0.616. The molecule has 0 aliphatic heterocycles. The van der Waals surface area contributed by atoms with Gasteiger partial charge in [-0.05, 0) is 39.7 Å². The first-order valence-corrected chi connectivity index (χ1v) is 8.63. The molecule has 1 saturated carbocycles. The van der Waals surface area contributed by atoms with Crippen molar-refractivity contribution in [2.75, 3.05) is 23.3 Å². The number of anilines is 2. The van der Waals surface area contributed by atoms with Crippen molar-refractivity contribution in [1.82, 2.24) is 4.98 Å². The van der Waals surface area contributed by atoms with Gasteiger partial charge in [0.05, 0.1) is 11.9 Å². The summed E-state index contributed by atoms with van der Waals surface area (Å²) in [6, 6.07) is 7.34. The van der Waals surface area contributed by atoms with E-state index < -0.39 is 0 Å². The number of aryl methyl sites for hydroxylation is 1. The molecule has 0 amide bonds. The second-order valence-electron chi connectivity index (χ2n) is 6.34. The summed E-state index contributed by atoms with van der Waals surface area (Å²) in [5, 5.41) is 6.29. The van der Waals surface area contributed by atoms with Crippen LogP contribution >= 0.6 is 0 Å². The Hall–Kier alpha value is -1.77. The van der Waals surface area contributed by atoms with E-state index in [1.165, 1.54) is 47.7 Å². The Bertz CT molecular complexity index is 640. The largest absolute Gasteiger partial charge is 0.381 e. The molecule has 1 aromatic carbocycles. The number of rotatable bonds is 5. The summed E-state index contributed by atoms with van der Waals surface area (Å²) in [4.78, 5) is 7.13. The van der Waals surface area contributed by atoms with Gasteiger partial charge in [-0.3, -0.25) is 0 Å². The summed E-state index contributed by atoms with van der Waals surface area (Å²) in [7, 11) is 0. The zero-order valence-electron chi connectivity index (χ0n) is 14.0. The Morgan fingerprint density at radius 3 is 2.55 bits per heavy atom. The Balaban J connectivity index is 2.06. The summed E-state index contributed by atoms with van der Waals surface area (Å²) in [6.45, 7) is 8.52. The van der Waals surface area contributed by atoms with Crippen molar-refractivity contribution in [3.63, 3.8) is 0 Å². The smallest absolute Gasteiger partial charge is 0.136 e. The van der Waals surface area contributed by atoms with Gasteiger partial charge < -0.3 is 10.2 Å². The zero-order chi connectivity index (χ0) is 15.5. The molecule has 3 nitrogen and oxygen atoms in total. The van der Waals surface area contributed by atoms with Crippen LogP contribution in [0, 0.1) is 6.92 Å². The van der Waals surface area contributed by atoms with E-state index in [2.05, 4.69) is 49.2 Å². The standard InChI is InChI=1S/C19H27N3/c1-4-22(5-2)19-17-12-14(3)10-11-16(17)18(13-20-19)21-15-8-6-7-9-15/h10-13,15,21H,4-9H2,1-3H3. The summed E-state index contributed by atoms with van der Waals surface area (Å²) in [5.41, 5.74) is 2.48. The Morgan fingerprint density at radius 1 is 1.14 bits per heavy atom. The van der Waals surface area contributed by atoms with Crippen molar-refractivity contribution in [1.29, 1.82) is 0 Å². The monoisotopic (exact) mass is 297 g/mol. The van der Waals surface area contributed by atoms with Crippen molar-refractivity contribution in [3.05, 3.63) is 30.0 Å². The molecule has 1 N–H and O–H groups in total. The summed E-state index contributed by atoms with van der Waals surface area (Å²) in [6.07, 6.45) is 7.29. The van der Waals surface area contributed by atoms with Crippen LogP contribution in [0.15, 0.2) is 24.4 Å². The van der Waals surface area contributed by atoms with Gasteiger partial charge in [0.15, 0.2) is 0 Å². The lowest BCUT2D eigenvalue weighted by molar-refractivity contribution is 0.755. The van der Waals surface area contributed by atoms with Crippen molar-refractivity contribution < 1.29 is 0 Å². The second kappa shape index (κ2) is 6.55. The predicted octanol–water partition coefficient (Wildman–Crippen LogP) is 4.74. The van der Waals surface area contributed by atoms with E-state index in [0.29, 0.717) is 6.04 Å². The topological polar surface area (TPSA) is 28.2 Å². The summed E-state index contributed by atoms with van der Waals surface area (Å²) < 4.78 is 0. The van der Waals surface area contributed by atoms with Crippen LogP contribution in [0.2, 0.25) is 0 Å². The molecule has 3 heteroatoms. The van der Waals surface area contributed by atoms with Gasteiger partial charge in [-0.1, -0.05) is 30.5 Å². The number of fused-ring (bicyclic) bond motifs is 1. The van der Waals surface area contributed by atoms with Gasteiger partial charge in [0.1, 0.15) is 5.82 Å². The van der Waals surface area contributed by atoms with Crippen molar-refractivity contribution in [2.24, 2.45) is 0 Å². The molecule has 1 heterocycles. The first-order chi connectivity index (χ1) is 10.7. The zero-order valence-corrected chi connectivity index (χ0v) is 14.0. The molecule has 0 radical (unpaired) electrons. The first kappa shape index (κ1) is 15.1. The van der Waals surface area contributed by atoms with E-state index in [-0.39, 0.29) is 0 Å². The third-order valence-electron chi connectivity index (χ3n) is 4.80. The molecule has 1 aliphatic rings. The summed E-state index contributed by atoms with van der Waals surface area (Å²) >= 11 is 0. The maximum atomic E-state index is 4.80. The molecule has 1 aliphatic carbocycles. The molecular formula is C19H27N3. The number of nitrogens with one attached hydrogen (secondary N) is 1. The molecular weight excluding hydrogens is 270 g/mol. The minimum atomic E-state index is 0.616. The number of hydrogen-bond donors (Lipinski definition) is 1. The second-order valence-corrected chi connectivity index (χ2v) is 6.34. The maximum absolute atomic E-state index is 4.80. The van der Waals surface area contributed by atoms with Gasteiger partial charge in [0.25, 0.3) is 0 Å². The predicted molar refractivity (Wildman–Crippen MR) is 95.9 cm³/mol. The lowest BCUT2D eigenvalue weighted by Gasteiger charge is -2.23. The number of aromatic nitrogens is 1. The van der Waals surface area contributed by atoms with E-state index in [0.717, 1.165) is 18.9 Å². The van der Waals surface area contributed by atoms with E-state index in [1.54, 1.807) is 0 Å². The van der Waals surface area contributed by atoms with E-state index in [9.17, 15) is 0 Å². The molecule has 22 heavy (non-hydrogen) atoms. The fraction of sp³-hybridized carbons (Fsp3) is 0.526. The fourth-order valence-electron chi connectivity index (χ4n) is 3.52. The molecule has 1 aromatic heterocycles. The lowest BCUT2D eigenvalue weighted by Crippen LogP contribution is -2.23. The van der Waals surface area contributed by atoms with Gasteiger partial charge in [0.2, 0.25) is 0 Å². The van der Waals surface area contributed by atoms with Crippen LogP contribution in [-0.2, 0) is 0 Å². The van der Waals surface area contributed by atoms with E-state index in [1.807, 2.05) is 6.20 Å². The van der Waals surface area contributed by atoms with Crippen molar-refractivity contribution in [2.45, 2.75) is 52.5 Å². The van der Waals surface area contributed by atoms with Crippen LogP contribution in [0.25, 0.3) is 10.8 Å². The first-order valence-electron chi connectivity index (χ1n) is 8.63. The quantitative estimate of drug-likeness (QED) is 0.863. The van der Waals surface area contributed by atoms with Gasteiger partial charge in [-0.15, -0.1) is 0 Å². The fourth-order valence-corrected chi connectivity index (χ4v) is 3.52. The highest BCUT2D eigenvalue weighted by atomic mass is 15.2. The van der Waals surface area contributed by atoms with Crippen molar-refractivity contribution >= 4 is 22.3 Å². The SMILES string of the molecule is CCN(CC)c1ncc(NC2CCCC2)c2ccc(C)cc12. The van der Waals surface area contributed by atoms with Crippen LogP contribution in [0.5, 0.6) is 0 Å². The molecule has 3 rings (SSSR count). The normalized spacial score (nSPS) is 15.4. The van der Waals surface area contributed by atoms with Gasteiger partial charge in [0, 0.05) is 29.9 Å². The summed E-state index contributed by atoms with van der Waals surface area (Å²) in [5.74, 6) is 1.11. The van der Waals surface area contributed by atoms with Crippen LogP contribution in [0.1, 0.15) is 45.1 Å². The molecule has 0 bridgehead atoms. The third kappa shape index (κ3) is 2.90. The Labute approximate surface area is 133 Å². The number of pyridine rings is 1. The molecule has 0 unspecified atom stereocenters. The molecule has 1 fully saturated rings. The molecule has 0 atom stereocenters. The molecule has 0 saturated heterocycles. The number of benzene rings is 1. The number of nitrogens with zero attached hydrogens (tertiary/aromatic N) is 2. The lowest BCUT2D eigenvalue weighted by atomic mass is 10.1. The van der Waals surface area contributed by atoms with E-state index in [4.69, 9.17) is 4.98 Å². The van der Waals surface area contributed by atoms with Gasteiger partial charge in [-0.25, -0.2) is 4.98 Å². The minimum Gasteiger partial charge on any atom is -0.381 e. The molecule has 0 spiro atoms. The van der Waals surface area contributed by atoms with E-state index >= 15 is 0 Å². The van der Waals surface area contributed by atoms with Crippen LogP contribution in [0.4, 0.5) is 11.5 Å². The van der Waals surface area contributed by atoms with Crippen LogP contribution < -0.4 is 10.2 Å².